The Balaban J connectivity index is 2.55. The SMILES string of the molecule is CCCc1n[nH]c(=S)n1-c1ccc(Br)c(I)c1. The van der Waals surface area contributed by atoms with Gasteiger partial charge in [0.2, 0.25) is 0 Å². The molecule has 17 heavy (non-hydrogen) atoms. The van der Waals surface area contributed by atoms with E-state index in [0.717, 1.165) is 32.4 Å². The minimum Gasteiger partial charge on any atom is -0.272 e. The Labute approximate surface area is 127 Å². The van der Waals surface area contributed by atoms with Crippen LogP contribution in [-0.4, -0.2) is 14.8 Å². The first-order chi connectivity index (χ1) is 8.13. The molecule has 2 aromatic rings. The van der Waals surface area contributed by atoms with Crippen LogP contribution in [0.1, 0.15) is 19.2 Å². The number of aromatic amines is 1. The van der Waals surface area contributed by atoms with E-state index in [4.69, 9.17) is 12.2 Å². The zero-order valence-electron chi connectivity index (χ0n) is 9.20. The summed E-state index contributed by atoms with van der Waals surface area (Å²) >= 11 is 11.1. The molecule has 3 nitrogen and oxygen atoms in total. The number of aryl methyl sites for hydroxylation is 1. The van der Waals surface area contributed by atoms with Gasteiger partial charge in [0.1, 0.15) is 5.82 Å². The lowest BCUT2D eigenvalue weighted by molar-refractivity contribution is 0.801. The number of hydrogen-bond acceptors (Lipinski definition) is 2. The lowest BCUT2D eigenvalue weighted by atomic mass is 10.3. The Kier molecular flexibility index (Phi) is 4.37. The van der Waals surface area contributed by atoms with E-state index in [0.29, 0.717) is 4.77 Å². The average Bonchev–Trinajstić information content (AvgIpc) is 2.65. The van der Waals surface area contributed by atoms with Crippen molar-refractivity contribution in [3.8, 4) is 5.69 Å². The van der Waals surface area contributed by atoms with Crippen LogP contribution in [0.15, 0.2) is 22.7 Å². The molecule has 0 unspecified atom stereocenters. The minimum atomic E-state index is 0.645. The number of hydrogen-bond donors (Lipinski definition) is 1. The van der Waals surface area contributed by atoms with Crippen LogP contribution < -0.4 is 0 Å². The van der Waals surface area contributed by atoms with Gasteiger partial charge in [-0.05, 0) is 75.4 Å². The number of nitrogens with zero attached hydrogens (tertiary/aromatic N) is 2. The molecule has 0 aliphatic carbocycles. The lowest BCUT2D eigenvalue weighted by Gasteiger charge is -2.07. The van der Waals surface area contributed by atoms with Crippen molar-refractivity contribution in [2.24, 2.45) is 0 Å². The van der Waals surface area contributed by atoms with E-state index >= 15 is 0 Å². The summed E-state index contributed by atoms with van der Waals surface area (Å²) in [6, 6.07) is 6.16. The summed E-state index contributed by atoms with van der Waals surface area (Å²) in [4.78, 5) is 0. The molecule has 0 saturated carbocycles. The summed E-state index contributed by atoms with van der Waals surface area (Å²) in [7, 11) is 0. The summed E-state index contributed by atoms with van der Waals surface area (Å²) in [6.07, 6.45) is 1.97. The number of halogens is 2. The van der Waals surface area contributed by atoms with Crippen molar-refractivity contribution in [2.75, 3.05) is 0 Å². The second-order valence-corrected chi connectivity index (χ2v) is 6.03. The number of aromatic nitrogens is 3. The predicted octanol–water partition coefficient (Wildman–Crippen LogP) is 4.25. The van der Waals surface area contributed by atoms with Crippen molar-refractivity contribution in [3.63, 3.8) is 0 Å². The van der Waals surface area contributed by atoms with Crippen LogP contribution in [0.4, 0.5) is 0 Å². The van der Waals surface area contributed by atoms with E-state index in [1.165, 1.54) is 0 Å². The van der Waals surface area contributed by atoms with Crippen molar-refractivity contribution >= 4 is 50.7 Å². The van der Waals surface area contributed by atoms with Crippen molar-refractivity contribution in [1.82, 2.24) is 14.8 Å². The van der Waals surface area contributed by atoms with Gasteiger partial charge >= 0.3 is 0 Å². The fourth-order valence-corrected chi connectivity index (χ4v) is 2.61. The first-order valence-electron chi connectivity index (χ1n) is 5.25. The van der Waals surface area contributed by atoms with Gasteiger partial charge in [-0.3, -0.25) is 9.67 Å². The van der Waals surface area contributed by atoms with Gasteiger partial charge in [-0.25, -0.2) is 0 Å². The molecule has 0 spiro atoms. The zero-order valence-corrected chi connectivity index (χ0v) is 13.8. The first kappa shape index (κ1) is 13.2. The summed E-state index contributed by atoms with van der Waals surface area (Å²) in [5.41, 5.74) is 1.06. The van der Waals surface area contributed by atoms with Gasteiger partial charge in [0.05, 0.1) is 5.69 Å². The molecule has 1 aromatic carbocycles. The lowest BCUT2D eigenvalue weighted by Crippen LogP contribution is -2.01. The normalized spacial score (nSPS) is 10.8. The quantitative estimate of drug-likeness (QED) is 0.591. The highest BCUT2D eigenvalue weighted by Gasteiger charge is 2.08. The molecule has 0 fully saturated rings. The standard InChI is InChI=1S/C11H11BrIN3S/c1-2-3-10-14-15-11(17)16(10)7-4-5-8(12)9(13)6-7/h4-6H,2-3H2,1H3,(H,15,17). The molecular weight excluding hydrogens is 413 g/mol. The largest absolute Gasteiger partial charge is 0.272 e. The smallest absolute Gasteiger partial charge is 0.199 e. The van der Waals surface area contributed by atoms with Gasteiger partial charge in [0, 0.05) is 14.5 Å². The maximum Gasteiger partial charge on any atom is 0.199 e. The molecule has 90 valence electrons. The molecule has 1 heterocycles. The van der Waals surface area contributed by atoms with Gasteiger partial charge in [-0.1, -0.05) is 6.92 Å². The highest BCUT2D eigenvalue weighted by Crippen LogP contribution is 2.23. The first-order valence-corrected chi connectivity index (χ1v) is 7.53. The molecule has 1 N–H and O–H groups in total. The van der Waals surface area contributed by atoms with E-state index in [2.05, 4.69) is 61.7 Å². The van der Waals surface area contributed by atoms with Crippen LogP contribution in [0, 0.1) is 8.34 Å². The van der Waals surface area contributed by atoms with Gasteiger partial charge in [-0.2, -0.15) is 5.10 Å². The Hall–Kier alpha value is -0.210. The Morgan fingerprint density at radius 1 is 1.53 bits per heavy atom. The molecular formula is C11H11BrIN3S. The van der Waals surface area contributed by atoms with Crippen LogP contribution in [0.25, 0.3) is 5.69 Å². The van der Waals surface area contributed by atoms with Gasteiger partial charge < -0.3 is 0 Å². The number of nitrogens with one attached hydrogen (secondary N) is 1. The zero-order chi connectivity index (χ0) is 12.4. The Bertz CT molecular complexity index is 591. The number of rotatable bonds is 3. The van der Waals surface area contributed by atoms with Crippen molar-refractivity contribution in [2.45, 2.75) is 19.8 Å². The molecule has 0 atom stereocenters. The number of benzene rings is 1. The van der Waals surface area contributed by atoms with E-state index in [1.54, 1.807) is 0 Å². The molecule has 0 radical (unpaired) electrons. The molecule has 1 aromatic heterocycles. The topological polar surface area (TPSA) is 33.6 Å². The van der Waals surface area contributed by atoms with Crippen LogP contribution in [-0.2, 0) is 6.42 Å². The monoisotopic (exact) mass is 423 g/mol. The van der Waals surface area contributed by atoms with Crippen LogP contribution in [0.5, 0.6) is 0 Å². The van der Waals surface area contributed by atoms with Crippen LogP contribution >= 0.6 is 50.7 Å². The average molecular weight is 424 g/mol. The summed E-state index contributed by atoms with van der Waals surface area (Å²) < 4.78 is 4.89. The van der Waals surface area contributed by atoms with E-state index in [-0.39, 0.29) is 0 Å². The maximum absolute atomic E-state index is 5.28. The van der Waals surface area contributed by atoms with Crippen LogP contribution in [0.2, 0.25) is 0 Å². The second-order valence-electron chi connectivity index (χ2n) is 3.63. The molecule has 0 aliphatic rings. The summed E-state index contributed by atoms with van der Waals surface area (Å²) in [6.45, 7) is 2.13. The molecule has 0 amide bonds. The molecule has 0 saturated heterocycles. The van der Waals surface area contributed by atoms with Gasteiger partial charge in [-0.15, -0.1) is 0 Å². The highest BCUT2D eigenvalue weighted by molar-refractivity contribution is 14.1. The fraction of sp³-hybridized carbons (Fsp3) is 0.273. The Morgan fingerprint density at radius 3 is 2.94 bits per heavy atom. The highest BCUT2D eigenvalue weighted by atomic mass is 127. The molecule has 0 bridgehead atoms. The third-order valence-corrected chi connectivity index (χ3v) is 4.98. The minimum absolute atomic E-state index is 0.645. The number of H-pyrrole nitrogens is 1. The predicted molar refractivity (Wildman–Crippen MR) is 83.2 cm³/mol. The van der Waals surface area contributed by atoms with E-state index in [9.17, 15) is 0 Å². The van der Waals surface area contributed by atoms with E-state index in [1.807, 2.05) is 16.7 Å². The second kappa shape index (κ2) is 5.62. The van der Waals surface area contributed by atoms with Crippen molar-refractivity contribution in [1.29, 1.82) is 0 Å². The molecule has 0 aliphatic heterocycles. The summed E-state index contributed by atoms with van der Waals surface area (Å²) in [5, 5.41) is 7.12. The molecule has 6 heteroatoms. The van der Waals surface area contributed by atoms with Crippen molar-refractivity contribution < 1.29 is 0 Å². The van der Waals surface area contributed by atoms with Crippen molar-refractivity contribution in [3.05, 3.63) is 36.8 Å². The van der Waals surface area contributed by atoms with Gasteiger partial charge in [0.25, 0.3) is 0 Å². The summed E-state index contributed by atoms with van der Waals surface area (Å²) in [5.74, 6) is 0.982. The molecule has 2 rings (SSSR count). The Morgan fingerprint density at radius 2 is 2.29 bits per heavy atom. The third-order valence-electron chi connectivity index (χ3n) is 2.38. The van der Waals surface area contributed by atoms with Gasteiger partial charge in [0.15, 0.2) is 4.77 Å². The maximum atomic E-state index is 5.28. The van der Waals surface area contributed by atoms with E-state index < -0.39 is 0 Å². The van der Waals surface area contributed by atoms with Crippen LogP contribution in [0.3, 0.4) is 0 Å². The fourth-order valence-electron chi connectivity index (χ4n) is 1.61. The third kappa shape index (κ3) is 2.79.